The number of benzene rings is 1. The lowest BCUT2D eigenvalue weighted by molar-refractivity contribution is -0.124. The predicted molar refractivity (Wildman–Crippen MR) is 107 cm³/mol. The first-order chi connectivity index (χ1) is 14.0. The Labute approximate surface area is 169 Å². The first-order valence-corrected chi connectivity index (χ1v) is 9.63. The van der Waals surface area contributed by atoms with E-state index in [0.717, 1.165) is 25.7 Å². The first-order valence-electron chi connectivity index (χ1n) is 9.63. The number of carbonyl (C=O) groups is 2. The number of rotatable bonds is 7. The highest BCUT2D eigenvalue weighted by Crippen LogP contribution is 2.36. The molecule has 1 saturated carbocycles. The number of hydrogen-bond acceptors (Lipinski definition) is 7. The van der Waals surface area contributed by atoms with E-state index in [1.165, 1.54) is 33.8 Å². The van der Waals surface area contributed by atoms with Gasteiger partial charge in [-0.1, -0.05) is 19.3 Å². The van der Waals surface area contributed by atoms with Gasteiger partial charge in [0.05, 0.1) is 26.8 Å². The summed E-state index contributed by atoms with van der Waals surface area (Å²) in [5.41, 5.74) is 0.545. The third kappa shape index (κ3) is 4.88. The van der Waals surface area contributed by atoms with Crippen LogP contribution in [0.3, 0.4) is 0 Å². The Balaban J connectivity index is 1.87. The van der Waals surface area contributed by atoms with Crippen LogP contribution >= 0.6 is 0 Å². The molecular formula is C21H26N2O6. The molecule has 1 aromatic heterocycles. The topological polar surface area (TPSA) is 96.0 Å². The van der Waals surface area contributed by atoms with E-state index < -0.39 is 5.97 Å². The van der Waals surface area contributed by atoms with Gasteiger partial charge in [-0.3, -0.25) is 4.79 Å². The van der Waals surface area contributed by atoms with Crippen LogP contribution in [-0.2, 0) is 9.53 Å². The summed E-state index contributed by atoms with van der Waals surface area (Å²) in [6.07, 6.45) is 5.46. The Hall–Kier alpha value is -3.03. The molecule has 1 aliphatic rings. The normalized spacial score (nSPS) is 14.3. The van der Waals surface area contributed by atoms with E-state index in [2.05, 4.69) is 10.3 Å². The number of aromatic nitrogens is 1. The van der Waals surface area contributed by atoms with Crippen molar-refractivity contribution in [3.63, 3.8) is 0 Å². The predicted octanol–water partition coefficient (Wildman–Crippen LogP) is 2.87. The van der Waals surface area contributed by atoms with Gasteiger partial charge in [-0.2, -0.15) is 0 Å². The zero-order valence-corrected chi connectivity index (χ0v) is 16.9. The average molecular weight is 402 g/mol. The molecule has 0 atom stereocenters. The van der Waals surface area contributed by atoms with E-state index in [1.54, 1.807) is 12.1 Å². The van der Waals surface area contributed by atoms with Crippen molar-refractivity contribution < 1.29 is 28.5 Å². The molecule has 0 bridgehead atoms. The smallest absolute Gasteiger partial charge is 0.356 e. The lowest BCUT2D eigenvalue weighted by atomic mass is 9.95. The molecule has 1 heterocycles. The molecule has 1 amide bonds. The van der Waals surface area contributed by atoms with Gasteiger partial charge in [0.2, 0.25) is 0 Å². The number of ether oxygens (including phenoxy) is 4. The molecule has 8 nitrogen and oxygen atoms in total. The first kappa shape index (κ1) is 20.7. The molecule has 0 spiro atoms. The van der Waals surface area contributed by atoms with Crippen molar-refractivity contribution in [1.82, 2.24) is 10.3 Å². The van der Waals surface area contributed by atoms with Crippen molar-refractivity contribution in [3.05, 3.63) is 23.9 Å². The molecule has 0 saturated heterocycles. The molecule has 0 radical (unpaired) electrons. The third-order valence-electron chi connectivity index (χ3n) is 5.00. The van der Waals surface area contributed by atoms with Gasteiger partial charge in [0.25, 0.3) is 5.91 Å². The maximum absolute atomic E-state index is 12.3. The van der Waals surface area contributed by atoms with Crippen LogP contribution in [0.15, 0.2) is 18.2 Å². The maximum atomic E-state index is 12.3. The molecule has 3 rings (SSSR count). The number of hydrogen-bond donors (Lipinski definition) is 1. The highest BCUT2D eigenvalue weighted by molar-refractivity contribution is 5.95. The van der Waals surface area contributed by atoms with Gasteiger partial charge < -0.3 is 24.3 Å². The van der Waals surface area contributed by atoms with Crippen LogP contribution in [0.25, 0.3) is 10.9 Å². The minimum absolute atomic E-state index is 0.0786. The summed E-state index contributed by atoms with van der Waals surface area (Å²) >= 11 is 0. The van der Waals surface area contributed by atoms with Crippen LogP contribution in [0.1, 0.15) is 42.6 Å². The van der Waals surface area contributed by atoms with Crippen molar-refractivity contribution in [3.8, 4) is 17.2 Å². The minimum atomic E-state index is -0.599. The number of nitrogens with one attached hydrogen (secondary N) is 1. The second-order valence-corrected chi connectivity index (χ2v) is 6.91. The Kier molecular flexibility index (Phi) is 6.74. The van der Waals surface area contributed by atoms with Crippen LogP contribution in [0.4, 0.5) is 0 Å². The zero-order chi connectivity index (χ0) is 20.8. The Morgan fingerprint density at radius 3 is 2.34 bits per heavy atom. The molecule has 2 aromatic rings. The summed E-state index contributed by atoms with van der Waals surface area (Å²) in [6, 6.07) is 5.02. The number of nitrogens with zero attached hydrogens (tertiary/aromatic N) is 1. The molecule has 1 N–H and O–H groups in total. The number of carbonyl (C=O) groups excluding carboxylic acids is 2. The standard InChI is InChI=1S/C21H26N2O6/c1-26-18-9-14-15(10-19(18)27-2)23-16(21(25)28-3)11-17(14)29-12-20(24)22-13-7-5-4-6-8-13/h9-11,13H,4-8,12H2,1-3H3,(H,22,24). The lowest BCUT2D eigenvalue weighted by Gasteiger charge is -2.22. The second-order valence-electron chi connectivity index (χ2n) is 6.91. The largest absolute Gasteiger partial charge is 0.493 e. The molecule has 0 aliphatic heterocycles. The number of fused-ring (bicyclic) bond motifs is 1. The second kappa shape index (κ2) is 9.45. The number of pyridine rings is 1. The van der Waals surface area contributed by atoms with Crippen LogP contribution < -0.4 is 19.5 Å². The van der Waals surface area contributed by atoms with Gasteiger partial charge in [-0.05, 0) is 18.9 Å². The third-order valence-corrected chi connectivity index (χ3v) is 5.00. The fourth-order valence-corrected chi connectivity index (χ4v) is 3.51. The summed E-state index contributed by atoms with van der Waals surface area (Å²) in [5.74, 6) is 0.509. The minimum Gasteiger partial charge on any atom is -0.493 e. The quantitative estimate of drug-likeness (QED) is 0.712. The summed E-state index contributed by atoms with van der Waals surface area (Å²) < 4.78 is 21.2. The Morgan fingerprint density at radius 2 is 1.69 bits per heavy atom. The summed E-state index contributed by atoms with van der Waals surface area (Å²) in [6.45, 7) is -0.162. The van der Waals surface area contributed by atoms with E-state index in [9.17, 15) is 9.59 Å². The van der Waals surface area contributed by atoms with Crippen molar-refractivity contribution in [1.29, 1.82) is 0 Å². The molecule has 1 fully saturated rings. The van der Waals surface area contributed by atoms with Crippen molar-refractivity contribution in [2.24, 2.45) is 0 Å². The Morgan fingerprint density at radius 1 is 1.00 bits per heavy atom. The van der Waals surface area contributed by atoms with Gasteiger partial charge in [0.1, 0.15) is 5.75 Å². The Bertz CT molecular complexity index is 892. The van der Waals surface area contributed by atoms with Crippen molar-refractivity contribution >= 4 is 22.8 Å². The lowest BCUT2D eigenvalue weighted by Crippen LogP contribution is -2.39. The van der Waals surface area contributed by atoms with Crippen molar-refractivity contribution in [2.75, 3.05) is 27.9 Å². The van der Waals surface area contributed by atoms with E-state index in [0.29, 0.717) is 28.2 Å². The van der Waals surface area contributed by atoms with Crippen LogP contribution in [0.2, 0.25) is 0 Å². The van der Waals surface area contributed by atoms with Crippen LogP contribution in [0.5, 0.6) is 17.2 Å². The van der Waals surface area contributed by atoms with Crippen molar-refractivity contribution in [2.45, 2.75) is 38.1 Å². The molecule has 1 aliphatic carbocycles. The van der Waals surface area contributed by atoms with Crippen LogP contribution in [-0.4, -0.2) is 50.8 Å². The molecule has 29 heavy (non-hydrogen) atoms. The fourth-order valence-electron chi connectivity index (χ4n) is 3.51. The molecular weight excluding hydrogens is 376 g/mol. The number of amides is 1. The van der Waals surface area contributed by atoms with Gasteiger partial charge in [-0.25, -0.2) is 9.78 Å². The van der Waals surface area contributed by atoms with Crippen LogP contribution in [0, 0.1) is 0 Å². The number of methoxy groups -OCH3 is 3. The molecule has 0 unspecified atom stereocenters. The summed E-state index contributed by atoms with van der Waals surface area (Å²) in [7, 11) is 4.32. The van der Waals surface area contributed by atoms with E-state index in [4.69, 9.17) is 18.9 Å². The zero-order valence-electron chi connectivity index (χ0n) is 16.9. The summed E-state index contributed by atoms with van der Waals surface area (Å²) in [4.78, 5) is 28.7. The highest BCUT2D eigenvalue weighted by atomic mass is 16.5. The van der Waals surface area contributed by atoms with Gasteiger partial charge >= 0.3 is 5.97 Å². The van der Waals surface area contributed by atoms with E-state index >= 15 is 0 Å². The van der Waals surface area contributed by atoms with Gasteiger partial charge in [0.15, 0.2) is 23.8 Å². The molecule has 1 aromatic carbocycles. The maximum Gasteiger partial charge on any atom is 0.356 e. The van der Waals surface area contributed by atoms with E-state index in [1.807, 2.05) is 0 Å². The van der Waals surface area contributed by atoms with Gasteiger partial charge in [-0.15, -0.1) is 0 Å². The average Bonchev–Trinajstić information content (AvgIpc) is 2.76. The summed E-state index contributed by atoms with van der Waals surface area (Å²) in [5, 5.41) is 3.61. The monoisotopic (exact) mass is 402 g/mol. The molecule has 156 valence electrons. The SMILES string of the molecule is COC(=O)c1cc(OCC(=O)NC2CCCCC2)c2cc(OC)c(OC)cc2n1. The van der Waals surface area contributed by atoms with E-state index in [-0.39, 0.29) is 24.2 Å². The fraction of sp³-hybridized carbons (Fsp3) is 0.476. The van der Waals surface area contributed by atoms with Gasteiger partial charge in [0, 0.05) is 23.6 Å². The highest BCUT2D eigenvalue weighted by Gasteiger charge is 2.19. The molecule has 8 heteroatoms. The number of esters is 1.